The fourth-order valence-electron chi connectivity index (χ4n) is 5.73. The molecular weight excluding hydrogens is 494 g/mol. The van der Waals surface area contributed by atoms with Crippen LogP contribution in [0.5, 0.6) is 0 Å². The summed E-state index contributed by atoms with van der Waals surface area (Å²) in [7, 11) is 0. The molecule has 0 saturated carbocycles. The zero-order valence-corrected chi connectivity index (χ0v) is 24.8. The minimum Gasteiger partial charge on any atom is -0.361 e. The molecule has 0 aliphatic heterocycles. The smallest absolute Gasteiger partial charge is 0.0418 e. The predicted octanol–water partition coefficient (Wildman–Crippen LogP) is 11.1. The molecular formula is C40H43N. The lowest BCUT2D eigenvalue weighted by molar-refractivity contribution is 0.713. The summed E-state index contributed by atoms with van der Waals surface area (Å²) >= 11 is 0. The van der Waals surface area contributed by atoms with Crippen molar-refractivity contribution in [3.63, 3.8) is 0 Å². The van der Waals surface area contributed by atoms with Crippen molar-refractivity contribution in [3.8, 4) is 0 Å². The van der Waals surface area contributed by atoms with Crippen LogP contribution >= 0.6 is 0 Å². The number of benzene rings is 2. The molecule has 2 aromatic carbocycles. The maximum absolute atomic E-state index is 4.22. The Labute approximate surface area is 247 Å². The van der Waals surface area contributed by atoms with E-state index in [1.54, 1.807) is 0 Å². The average molecular weight is 538 g/mol. The summed E-state index contributed by atoms with van der Waals surface area (Å²) in [6, 6.07) is 17.4. The highest BCUT2D eigenvalue weighted by molar-refractivity contribution is 5.81. The van der Waals surface area contributed by atoms with Gasteiger partial charge in [0, 0.05) is 23.7 Å². The summed E-state index contributed by atoms with van der Waals surface area (Å²) in [4.78, 5) is 0. The summed E-state index contributed by atoms with van der Waals surface area (Å²) in [6.07, 6.45) is 31.3. The van der Waals surface area contributed by atoms with Crippen molar-refractivity contribution in [1.29, 1.82) is 0 Å². The molecule has 1 N–H and O–H groups in total. The molecule has 0 bridgehead atoms. The van der Waals surface area contributed by atoms with Crippen LogP contribution in [0.2, 0.25) is 0 Å². The molecule has 2 atom stereocenters. The zero-order chi connectivity index (χ0) is 29.0. The molecule has 1 heteroatoms. The van der Waals surface area contributed by atoms with Crippen LogP contribution in [0.4, 0.5) is 5.69 Å². The van der Waals surface area contributed by atoms with Gasteiger partial charge in [-0.3, -0.25) is 0 Å². The Kier molecular flexibility index (Phi) is 10.7. The van der Waals surface area contributed by atoms with Crippen molar-refractivity contribution in [1.82, 2.24) is 0 Å². The zero-order valence-electron chi connectivity index (χ0n) is 24.8. The highest BCUT2D eigenvalue weighted by Crippen LogP contribution is 2.47. The SMILES string of the molecule is C=C/C=C(\C=C/C)C(/C=C/Nc1ccccc1C1C(c2ccccc2C)=C(C)C=CC1C=C)=C/CC1=CCCC=C1. The normalized spacial score (nSPS) is 19.6. The molecule has 0 saturated heterocycles. The van der Waals surface area contributed by atoms with Crippen molar-refractivity contribution in [3.05, 3.63) is 180 Å². The summed E-state index contributed by atoms with van der Waals surface area (Å²) in [5.74, 6) is 0.360. The number of allylic oxidation sites excluding steroid dienone is 17. The van der Waals surface area contributed by atoms with E-state index >= 15 is 0 Å². The van der Waals surface area contributed by atoms with Gasteiger partial charge in [-0.05, 0) is 96.7 Å². The fraction of sp³-hybridized carbons (Fsp3) is 0.200. The number of hydrogen-bond donors (Lipinski definition) is 1. The van der Waals surface area contributed by atoms with Crippen LogP contribution in [0.25, 0.3) is 5.57 Å². The van der Waals surface area contributed by atoms with E-state index in [1.165, 1.54) is 33.4 Å². The van der Waals surface area contributed by atoms with Crippen LogP contribution in [-0.2, 0) is 0 Å². The van der Waals surface area contributed by atoms with Gasteiger partial charge in [-0.1, -0.05) is 116 Å². The average Bonchev–Trinajstić information content (AvgIpc) is 3.00. The maximum Gasteiger partial charge on any atom is 0.0418 e. The molecule has 1 nitrogen and oxygen atoms in total. The Morgan fingerprint density at radius 3 is 2.49 bits per heavy atom. The first-order valence-electron chi connectivity index (χ1n) is 14.7. The van der Waals surface area contributed by atoms with E-state index < -0.39 is 0 Å². The number of para-hydroxylation sites is 1. The van der Waals surface area contributed by atoms with Gasteiger partial charge in [-0.2, -0.15) is 0 Å². The van der Waals surface area contributed by atoms with Gasteiger partial charge in [0.15, 0.2) is 0 Å². The van der Waals surface area contributed by atoms with Crippen molar-refractivity contribution in [2.45, 2.75) is 46.0 Å². The first kappa shape index (κ1) is 29.6. The Balaban J connectivity index is 1.70. The molecule has 0 aromatic heterocycles. The molecule has 0 amide bonds. The predicted molar refractivity (Wildman–Crippen MR) is 181 cm³/mol. The Hall–Kier alpha value is -4.36. The Bertz CT molecular complexity index is 1490. The molecule has 0 spiro atoms. The van der Waals surface area contributed by atoms with Gasteiger partial charge in [0.2, 0.25) is 0 Å². The molecule has 41 heavy (non-hydrogen) atoms. The van der Waals surface area contributed by atoms with Crippen molar-refractivity contribution in [2.75, 3.05) is 5.32 Å². The third kappa shape index (κ3) is 7.44. The first-order chi connectivity index (χ1) is 20.1. The molecule has 2 aromatic rings. The van der Waals surface area contributed by atoms with Gasteiger partial charge >= 0.3 is 0 Å². The summed E-state index contributed by atoms with van der Waals surface area (Å²) in [5.41, 5.74) is 11.3. The Morgan fingerprint density at radius 1 is 0.951 bits per heavy atom. The number of anilines is 1. The third-order valence-electron chi connectivity index (χ3n) is 7.80. The third-order valence-corrected chi connectivity index (χ3v) is 7.80. The molecule has 208 valence electrons. The van der Waals surface area contributed by atoms with Crippen LogP contribution in [0.15, 0.2) is 163 Å². The van der Waals surface area contributed by atoms with Crippen LogP contribution < -0.4 is 5.32 Å². The van der Waals surface area contributed by atoms with Crippen LogP contribution in [0.3, 0.4) is 0 Å². The lowest BCUT2D eigenvalue weighted by Crippen LogP contribution is -2.17. The molecule has 0 radical (unpaired) electrons. The Morgan fingerprint density at radius 2 is 1.76 bits per heavy atom. The second kappa shape index (κ2) is 14.9. The minimum absolute atomic E-state index is 0.162. The number of nitrogens with one attached hydrogen (secondary N) is 1. The van der Waals surface area contributed by atoms with E-state index in [9.17, 15) is 0 Å². The summed E-state index contributed by atoms with van der Waals surface area (Å²) in [5, 5.41) is 3.66. The summed E-state index contributed by atoms with van der Waals surface area (Å²) in [6.45, 7) is 14.6. The van der Waals surface area contributed by atoms with Gasteiger partial charge in [-0.15, -0.1) is 6.58 Å². The number of hydrogen-bond acceptors (Lipinski definition) is 1. The van der Waals surface area contributed by atoms with E-state index in [-0.39, 0.29) is 11.8 Å². The van der Waals surface area contributed by atoms with Gasteiger partial charge in [-0.25, -0.2) is 0 Å². The standard InChI is InChI=1S/C40H43N/c1-6-16-34(17-7-2)35(27-25-32-19-10-9-11-20-32)28-29-41-38-23-15-14-22-37(38)40-33(8-3)26-24-31(5)39(40)36-21-13-12-18-30(36)4/h6-8,10,12-24,26-29,33,40-41H,1,3,9,11,25H2,2,4-5H3/b17-7-,29-28+,34-16+,35-27+. The molecule has 2 unspecified atom stereocenters. The van der Waals surface area contributed by atoms with Crippen molar-refractivity contribution >= 4 is 11.3 Å². The van der Waals surface area contributed by atoms with Crippen LogP contribution in [0, 0.1) is 12.8 Å². The van der Waals surface area contributed by atoms with E-state index in [0.717, 1.165) is 36.1 Å². The second-order valence-corrected chi connectivity index (χ2v) is 10.6. The lowest BCUT2D eigenvalue weighted by Gasteiger charge is -2.32. The van der Waals surface area contributed by atoms with Gasteiger partial charge in [0.25, 0.3) is 0 Å². The monoisotopic (exact) mass is 537 g/mol. The molecule has 2 aliphatic rings. The molecule has 2 aliphatic carbocycles. The topological polar surface area (TPSA) is 12.0 Å². The first-order valence-corrected chi connectivity index (χ1v) is 14.7. The van der Waals surface area contributed by atoms with Gasteiger partial charge in [0.05, 0.1) is 0 Å². The van der Waals surface area contributed by atoms with Crippen molar-refractivity contribution < 1.29 is 0 Å². The van der Waals surface area contributed by atoms with Crippen LogP contribution in [0.1, 0.15) is 55.7 Å². The lowest BCUT2D eigenvalue weighted by atomic mass is 9.72. The number of rotatable bonds is 11. The van der Waals surface area contributed by atoms with E-state index in [4.69, 9.17) is 0 Å². The van der Waals surface area contributed by atoms with E-state index in [1.807, 2.05) is 6.08 Å². The number of aryl methyl sites for hydroxylation is 1. The molecule has 0 fully saturated rings. The quantitative estimate of drug-likeness (QED) is 0.222. The van der Waals surface area contributed by atoms with Gasteiger partial charge in [0.1, 0.15) is 0 Å². The highest BCUT2D eigenvalue weighted by atomic mass is 14.8. The highest BCUT2D eigenvalue weighted by Gasteiger charge is 2.30. The van der Waals surface area contributed by atoms with Crippen molar-refractivity contribution in [2.24, 2.45) is 5.92 Å². The maximum atomic E-state index is 4.22. The fourth-order valence-corrected chi connectivity index (χ4v) is 5.73. The molecule has 4 rings (SSSR count). The minimum atomic E-state index is 0.162. The van der Waals surface area contributed by atoms with E-state index in [0.29, 0.717) is 0 Å². The van der Waals surface area contributed by atoms with Gasteiger partial charge < -0.3 is 5.32 Å². The largest absolute Gasteiger partial charge is 0.361 e. The van der Waals surface area contributed by atoms with Crippen LogP contribution in [-0.4, -0.2) is 0 Å². The molecule has 0 heterocycles. The summed E-state index contributed by atoms with van der Waals surface area (Å²) < 4.78 is 0. The van der Waals surface area contributed by atoms with E-state index in [2.05, 4.69) is 161 Å². The second-order valence-electron chi connectivity index (χ2n) is 10.6.